The van der Waals surface area contributed by atoms with Gasteiger partial charge in [0, 0.05) is 12.6 Å². The van der Waals surface area contributed by atoms with E-state index in [1.54, 1.807) is 0 Å². The Morgan fingerprint density at radius 3 is 2.65 bits per heavy atom. The summed E-state index contributed by atoms with van der Waals surface area (Å²) in [5.74, 6) is 1.64. The number of anilines is 1. The van der Waals surface area contributed by atoms with Crippen LogP contribution in [-0.2, 0) is 6.61 Å². The molecule has 0 aliphatic heterocycles. The highest BCUT2D eigenvalue weighted by atomic mass is 35.5. The van der Waals surface area contributed by atoms with Crippen LogP contribution in [-0.4, -0.2) is 27.7 Å². The van der Waals surface area contributed by atoms with Crippen molar-refractivity contribution in [2.75, 3.05) is 11.4 Å². The second-order valence-electron chi connectivity index (χ2n) is 4.95. The monoisotopic (exact) mass is 253 g/mol. The van der Waals surface area contributed by atoms with Gasteiger partial charge in [0.1, 0.15) is 17.3 Å². The summed E-state index contributed by atoms with van der Waals surface area (Å²) in [6.45, 7) is 0.952. The first-order valence-corrected chi connectivity index (χ1v) is 6.54. The minimum absolute atomic E-state index is 0.0944. The number of hydrogen-bond donors (Lipinski definition) is 1. The molecule has 1 aromatic heterocycles. The number of nitrogens with zero attached hydrogens (tertiary/aromatic N) is 3. The SMILES string of the molecule is OCc1c(Cl)ncnc1N(CC1CC1)C1CC1. The van der Waals surface area contributed by atoms with Crippen LogP contribution in [0.2, 0.25) is 5.15 Å². The Balaban J connectivity index is 1.90. The van der Waals surface area contributed by atoms with E-state index in [1.165, 1.54) is 32.0 Å². The zero-order valence-electron chi connectivity index (χ0n) is 9.64. The van der Waals surface area contributed by atoms with E-state index in [2.05, 4.69) is 14.9 Å². The molecule has 0 bridgehead atoms. The van der Waals surface area contributed by atoms with E-state index in [1.807, 2.05) is 0 Å². The van der Waals surface area contributed by atoms with Gasteiger partial charge in [0.2, 0.25) is 0 Å². The Labute approximate surface area is 106 Å². The van der Waals surface area contributed by atoms with Gasteiger partial charge >= 0.3 is 0 Å². The predicted molar refractivity (Wildman–Crippen MR) is 66.1 cm³/mol. The Kier molecular flexibility index (Phi) is 2.92. The topological polar surface area (TPSA) is 49.3 Å². The van der Waals surface area contributed by atoms with Crippen molar-refractivity contribution in [1.82, 2.24) is 9.97 Å². The van der Waals surface area contributed by atoms with Crippen LogP contribution in [0.25, 0.3) is 0 Å². The molecule has 4 nitrogen and oxygen atoms in total. The number of aliphatic hydroxyl groups is 1. The summed E-state index contributed by atoms with van der Waals surface area (Å²) >= 11 is 6.01. The summed E-state index contributed by atoms with van der Waals surface area (Å²) in [6, 6.07) is 0.590. The molecule has 2 fully saturated rings. The Hall–Kier alpha value is -0.870. The number of halogens is 1. The maximum atomic E-state index is 9.41. The summed E-state index contributed by atoms with van der Waals surface area (Å²) in [7, 11) is 0. The van der Waals surface area contributed by atoms with Crippen molar-refractivity contribution in [3.05, 3.63) is 17.0 Å². The first-order valence-electron chi connectivity index (χ1n) is 6.16. The highest BCUT2D eigenvalue weighted by Gasteiger charge is 2.35. The standard InChI is InChI=1S/C12H16ClN3O/c13-11-10(6-17)12(15-7-14-11)16(9-3-4-9)5-8-1-2-8/h7-9,17H,1-6H2. The van der Waals surface area contributed by atoms with Gasteiger partial charge in [-0.25, -0.2) is 9.97 Å². The van der Waals surface area contributed by atoms with Crippen LogP contribution < -0.4 is 4.90 Å². The number of aromatic nitrogens is 2. The summed E-state index contributed by atoms with van der Waals surface area (Å²) in [5.41, 5.74) is 0.668. The van der Waals surface area contributed by atoms with Crippen molar-refractivity contribution in [1.29, 1.82) is 0 Å². The molecule has 0 spiro atoms. The van der Waals surface area contributed by atoms with Gasteiger partial charge in [-0.2, -0.15) is 0 Å². The molecule has 2 saturated carbocycles. The molecule has 2 aliphatic rings. The molecule has 3 rings (SSSR count). The lowest BCUT2D eigenvalue weighted by Crippen LogP contribution is -2.30. The molecule has 92 valence electrons. The minimum atomic E-state index is -0.0944. The van der Waals surface area contributed by atoms with E-state index in [0.717, 1.165) is 18.3 Å². The number of hydrogen-bond acceptors (Lipinski definition) is 4. The van der Waals surface area contributed by atoms with Crippen LogP contribution in [0.1, 0.15) is 31.2 Å². The molecule has 5 heteroatoms. The maximum Gasteiger partial charge on any atom is 0.140 e. The van der Waals surface area contributed by atoms with Crippen LogP contribution in [0.3, 0.4) is 0 Å². The molecule has 0 unspecified atom stereocenters. The predicted octanol–water partition coefficient (Wildman–Crippen LogP) is 2.00. The van der Waals surface area contributed by atoms with E-state index in [4.69, 9.17) is 11.6 Å². The van der Waals surface area contributed by atoms with Crippen molar-refractivity contribution < 1.29 is 5.11 Å². The van der Waals surface area contributed by atoms with Crippen LogP contribution in [0.4, 0.5) is 5.82 Å². The van der Waals surface area contributed by atoms with Crippen molar-refractivity contribution >= 4 is 17.4 Å². The summed E-state index contributed by atoms with van der Waals surface area (Å²) in [6.07, 6.45) is 6.56. The lowest BCUT2D eigenvalue weighted by molar-refractivity contribution is 0.281. The van der Waals surface area contributed by atoms with Crippen LogP contribution in [0.5, 0.6) is 0 Å². The largest absolute Gasteiger partial charge is 0.391 e. The zero-order chi connectivity index (χ0) is 11.8. The molecule has 2 aliphatic carbocycles. The smallest absolute Gasteiger partial charge is 0.140 e. The number of aliphatic hydroxyl groups excluding tert-OH is 1. The fourth-order valence-electron chi connectivity index (χ4n) is 2.14. The van der Waals surface area contributed by atoms with E-state index >= 15 is 0 Å². The molecule has 0 saturated heterocycles. The third-order valence-electron chi connectivity index (χ3n) is 3.44. The first kappa shape index (κ1) is 11.2. The quantitative estimate of drug-likeness (QED) is 0.816. The molecular formula is C12H16ClN3O. The normalized spacial score (nSPS) is 19.4. The molecule has 1 heterocycles. The second-order valence-corrected chi connectivity index (χ2v) is 5.31. The average Bonchev–Trinajstić information content (AvgIpc) is 3.17. The second kappa shape index (κ2) is 4.42. The van der Waals surface area contributed by atoms with E-state index in [9.17, 15) is 5.11 Å². The summed E-state index contributed by atoms with van der Waals surface area (Å²) in [5, 5.41) is 9.78. The lowest BCUT2D eigenvalue weighted by atomic mass is 10.2. The summed E-state index contributed by atoms with van der Waals surface area (Å²) < 4.78 is 0. The van der Waals surface area contributed by atoms with Crippen LogP contribution >= 0.6 is 11.6 Å². The van der Waals surface area contributed by atoms with Gasteiger partial charge in [0.05, 0.1) is 12.2 Å². The molecular weight excluding hydrogens is 238 g/mol. The average molecular weight is 254 g/mol. The van der Waals surface area contributed by atoms with Gasteiger partial charge in [0.15, 0.2) is 0 Å². The van der Waals surface area contributed by atoms with Gasteiger partial charge in [0.25, 0.3) is 0 Å². The first-order chi connectivity index (χ1) is 8.29. The van der Waals surface area contributed by atoms with Crippen molar-refractivity contribution in [2.45, 2.75) is 38.3 Å². The molecule has 0 amide bonds. The molecule has 17 heavy (non-hydrogen) atoms. The Morgan fingerprint density at radius 1 is 1.29 bits per heavy atom. The van der Waals surface area contributed by atoms with Crippen molar-refractivity contribution in [2.24, 2.45) is 5.92 Å². The minimum Gasteiger partial charge on any atom is -0.391 e. The fourth-order valence-corrected chi connectivity index (χ4v) is 2.33. The highest BCUT2D eigenvalue weighted by molar-refractivity contribution is 6.30. The fraction of sp³-hybridized carbons (Fsp3) is 0.667. The van der Waals surface area contributed by atoms with E-state index < -0.39 is 0 Å². The molecule has 1 N–H and O–H groups in total. The molecule has 0 aromatic carbocycles. The Bertz CT molecular complexity index is 418. The third-order valence-corrected chi connectivity index (χ3v) is 3.77. The van der Waals surface area contributed by atoms with Crippen molar-refractivity contribution in [3.63, 3.8) is 0 Å². The lowest BCUT2D eigenvalue weighted by Gasteiger charge is -2.25. The van der Waals surface area contributed by atoms with Crippen LogP contribution in [0, 0.1) is 5.92 Å². The molecule has 0 radical (unpaired) electrons. The van der Waals surface area contributed by atoms with Crippen molar-refractivity contribution in [3.8, 4) is 0 Å². The summed E-state index contributed by atoms with van der Waals surface area (Å²) in [4.78, 5) is 10.6. The molecule has 0 atom stereocenters. The zero-order valence-corrected chi connectivity index (χ0v) is 10.4. The van der Waals surface area contributed by atoms with E-state index in [0.29, 0.717) is 16.8 Å². The molecule has 1 aromatic rings. The highest BCUT2D eigenvalue weighted by Crippen LogP contribution is 2.38. The third kappa shape index (κ3) is 2.38. The van der Waals surface area contributed by atoms with Gasteiger partial charge in [-0.1, -0.05) is 11.6 Å². The van der Waals surface area contributed by atoms with Gasteiger partial charge in [-0.05, 0) is 31.6 Å². The van der Waals surface area contributed by atoms with Crippen LogP contribution in [0.15, 0.2) is 6.33 Å². The van der Waals surface area contributed by atoms with Gasteiger partial charge in [-0.15, -0.1) is 0 Å². The maximum absolute atomic E-state index is 9.41. The van der Waals surface area contributed by atoms with Gasteiger partial charge in [-0.3, -0.25) is 0 Å². The Morgan fingerprint density at radius 2 is 2.06 bits per heavy atom. The van der Waals surface area contributed by atoms with Gasteiger partial charge < -0.3 is 10.0 Å². The van der Waals surface area contributed by atoms with E-state index in [-0.39, 0.29) is 6.61 Å². The number of rotatable bonds is 5.